The van der Waals surface area contributed by atoms with Crippen molar-refractivity contribution in [2.24, 2.45) is 10.9 Å². The summed E-state index contributed by atoms with van der Waals surface area (Å²) in [5.41, 5.74) is 2.11. The summed E-state index contributed by atoms with van der Waals surface area (Å²) in [5, 5.41) is 6.59. The van der Waals surface area contributed by atoms with E-state index in [1.807, 2.05) is 39.0 Å². The summed E-state index contributed by atoms with van der Waals surface area (Å²) in [4.78, 5) is 8.89. The first-order chi connectivity index (χ1) is 12.6. The molecule has 27 heavy (non-hydrogen) atoms. The van der Waals surface area contributed by atoms with Gasteiger partial charge in [-0.1, -0.05) is 37.3 Å². The summed E-state index contributed by atoms with van der Waals surface area (Å²) in [6, 6.07) is 10.2. The predicted molar refractivity (Wildman–Crippen MR) is 119 cm³/mol. The maximum atomic E-state index is 5.79. The van der Waals surface area contributed by atoms with Crippen LogP contribution in [0.4, 0.5) is 0 Å². The molecule has 1 atom stereocenters. The summed E-state index contributed by atoms with van der Waals surface area (Å²) in [5.74, 6) is 2.61. The van der Waals surface area contributed by atoms with Crippen molar-refractivity contribution in [3.8, 4) is 0 Å². The third kappa shape index (κ3) is 8.75. The van der Waals surface area contributed by atoms with E-state index in [9.17, 15) is 0 Å². The molecule has 1 heterocycles. The van der Waals surface area contributed by atoms with Gasteiger partial charge in [0.25, 0.3) is 0 Å². The lowest BCUT2D eigenvalue weighted by Crippen LogP contribution is -2.40. The van der Waals surface area contributed by atoms with Gasteiger partial charge >= 0.3 is 0 Å². The molecule has 7 heteroatoms. The summed E-state index contributed by atoms with van der Waals surface area (Å²) in [6.07, 6.45) is 0. The molecule has 0 aliphatic rings. The van der Waals surface area contributed by atoms with E-state index in [1.165, 1.54) is 5.56 Å². The van der Waals surface area contributed by atoms with Crippen molar-refractivity contribution in [1.29, 1.82) is 0 Å². The van der Waals surface area contributed by atoms with E-state index in [2.05, 4.69) is 39.7 Å². The van der Waals surface area contributed by atoms with Crippen molar-refractivity contribution in [3.05, 3.63) is 53.2 Å². The Kier molecular flexibility index (Phi) is 11.0. The number of aromatic nitrogens is 1. The molecule has 0 saturated heterocycles. The van der Waals surface area contributed by atoms with Crippen molar-refractivity contribution in [3.63, 3.8) is 0 Å². The summed E-state index contributed by atoms with van der Waals surface area (Å²) in [6.45, 7) is 11.4. The summed E-state index contributed by atoms with van der Waals surface area (Å²) >= 11 is 0. The Balaban J connectivity index is 0.00000364. The van der Waals surface area contributed by atoms with Crippen LogP contribution in [-0.2, 0) is 17.9 Å². The molecule has 0 amide bonds. The number of hydrogen-bond donors (Lipinski definition) is 2. The molecule has 0 saturated carbocycles. The lowest BCUT2D eigenvalue weighted by atomic mass is 10.2. The quantitative estimate of drug-likeness (QED) is 0.321. The van der Waals surface area contributed by atoms with Crippen LogP contribution >= 0.6 is 24.0 Å². The zero-order chi connectivity index (χ0) is 18.8. The van der Waals surface area contributed by atoms with Gasteiger partial charge in [-0.2, -0.15) is 0 Å². The van der Waals surface area contributed by atoms with Crippen molar-refractivity contribution >= 4 is 29.9 Å². The zero-order valence-electron chi connectivity index (χ0n) is 16.6. The minimum atomic E-state index is 0. The first-order valence-corrected chi connectivity index (χ1v) is 9.15. The van der Waals surface area contributed by atoms with Crippen molar-refractivity contribution < 1.29 is 9.15 Å². The molecule has 0 radical (unpaired) electrons. The number of aliphatic imine (C=N–C) groups is 1. The Morgan fingerprint density at radius 2 is 1.96 bits per heavy atom. The van der Waals surface area contributed by atoms with Gasteiger partial charge in [0.2, 0.25) is 5.89 Å². The van der Waals surface area contributed by atoms with Gasteiger partial charge in [-0.05, 0) is 32.3 Å². The Bertz CT molecular complexity index is 669. The number of aryl methyl sites for hydroxylation is 2. The number of halogens is 1. The minimum Gasteiger partial charge on any atom is -0.444 e. The van der Waals surface area contributed by atoms with Crippen LogP contribution in [0.2, 0.25) is 0 Å². The number of nitrogens with zero attached hydrogens (tertiary/aromatic N) is 2. The molecule has 0 aliphatic heterocycles. The van der Waals surface area contributed by atoms with Crippen LogP contribution in [0.15, 0.2) is 39.7 Å². The molecular weight excluding hydrogens is 455 g/mol. The van der Waals surface area contributed by atoms with Crippen molar-refractivity contribution in [2.75, 3.05) is 19.7 Å². The van der Waals surface area contributed by atoms with Gasteiger partial charge < -0.3 is 19.8 Å². The molecule has 2 N–H and O–H groups in total. The number of oxazole rings is 1. The second-order valence-electron chi connectivity index (χ2n) is 6.43. The molecule has 2 rings (SSSR count). The zero-order valence-corrected chi connectivity index (χ0v) is 18.9. The van der Waals surface area contributed by atoms with Crippen LogP contribution in [0.25, 0.3) is 0 Å². The van der Waals surface area contributed by atoms with E-state index in [-0.39, 0.29) is 24.0 Å². The van der Waals surface area contributed by atoms with Gasteiger partial charge in [-0.15, -0.1) is 24.0 Å². The maximum absolute atomic E-state index is 5.79. The van der Waals surface area contributed by atoms with Crippen molar-refractivity contribution in [1.82, 2.24) is 15.6 Å². The molecule has 1 aromatic heterocycles. The fourth-order valence-electron chi connectivity index (χ4n) is 2.38. The fraction of sp³-hybridized carbons (Fsp3) is 0.500. The molecule has 1 aromatic carbocycles. The first kappa shape index (κ1) is 23.4. The Morgan fingerprint density at radius 1 is 1.22 bits per heavy atom. The number of benzene rings is 1. The van der Waals surface area contributed by atoms with Gasteiger partial charge in [-0.3, -0.25) is 0 Å². The lowest BCUT2D eigenvalue weighted by molar-refractivity contribution is 0.0931. The number of hydrogen-bond acceptors (Lipinski definition) is 4. The SMILES string of the molecule is CCNC(=NCc1nc(C)c(C)o1)NCC(C)COCc1ccccc1.I. The predicted octanol–water partition coefficient (Wildman–Crippen LogP) is 3.82. The molecule has 0 fully saturated rings. The minimum absolute atomic E-state index is 0. The third-order valence-electron chi connectivity index (χ3n) is 3.92. The fourth-order valence-corrected chi connectivity index (χ4v) is 2.38. The number of rotatable bonds is 9. The summed E-state index contributed by atoms with van der Waals surface area (Å²) in [7, 11) is 0. The van der Waals surface area contributed by atoms with Crippen LogP contribution < -0.4 is 10.6 Å². The van der Waals surface area contributed by atoms with Crippen LogP contribution in [0.1, 0.15) is 36.8 Å². The monoisotopic (exact) mass is 486 g/mol. The third-order valence-corrected chi connectivity index (χ3v) is 3.92. The molecule has 0 aliphatic carbocycles. The van der Waals surface area contributed by atoms with Gasteiger partial charge in [0.05, 0.1) is 18.9 Å². The second-order valence-corrected chi connectivity index (χ2v) is 6.43. The highest BCUT2D eigenvalue weighted by atomic mass is 127. The van der Waals surface area contributed by atoms with E-state index in [1.54, 1.807) is 0 Å². The molecular formula is C20H31IN4O2. The topological polar surface area (TPSA) is 71.7 Å². The van der Waals surface area contributed by atoms with E-state index in [0.29, 0.717) is 31.6 Å². The molecule has 1 unspecified atom stereocenters. The number of ether oxygens (including phenoxy) is 1. The number of nitrogens with one attached hydrogen (secondary N) is 2. The standard InChI is InChI=1S/C20H30N4O2.HI/c1-5-21-20(23-12-19-24-16(3)17(4)26-19)22-11-15(2)13-25-14-18-9-7-6-8-10-18;/h6-10,15H,5,11-14H2,1-4H3,(H2,21,22,23);1H. The average Bonchev–Trinajstić information content (AvgIpc) is 2.96. The highest BCUT2D eigenvalue weighted by molar-refractivity contribution is 14.0. The highest BCUT2D eigenvalue weighted by Gasteiger charge is 2.07. The Labute approximate surface area is 179 Å². The van der Waals surface area contributed by atoms with Gasteiger partial charge in [0.1, 0.15) is 12.3 Å². The van der Waals surface area contributed by atoms with Crippen molar-refractivity contribution in [2.45, 2.75) is 40.8 Å². The second kappa shape index (κ2) is 12.7. The largest absolute Gasteiger partial charge is 0.444 e. The van der Waals surface area contributed by atoms with Crippen LogP contribution in [0.5, 0.6) is 0 Å². The smallest absolute Gasteiger partial charge is 0.216 e. The van der Waals surface area contributed by atoms with Gasteiger partial charge in [0, 0.05) is 13.1 Å². The maximum Gasteiger partial charge on any atom is 0.216 e. The normalized spacial score (nSPS) is 12.4. The van der Waals surface area contributed by atoms with E-state index in [0.717, 1.165) is 30.5 Å². The molecule has 150 valence electrons. The van der Waals surface area contributed by atoms with E-state index in [4.69, 9.17) is 9.15 Å². The van der Waals surface area contributed by atoms with Gasteiger partial charge in [-0.25, -0.2) is 9.98 Å². The molecule has 6 nitrogen and oxygen atoms in total. The molecule has 2 aromatic rings. The Hall–Kier alpha value is -1.61. The average molecular weight is 486 g/mol. The summed E-state index contributed by atoms with van der Waals surface area (Å²) < 4.78 is 11.4. The first-order valence-electron chi connectivity index (χ1n) is 9.15. The van der Waals surface area contributed by atoms with E-state index >= 15 is 0 Å². The van der Waals surface area contributed by atoms with Gasteiger partial charge in [0.15, 0.2) is 5.96 Å². The molecule has 0 spiro atoms. The van der Waals surface area contributed by atoms with Crippen LogP contribution in [-0.4, -0.2) is 30.6 Å². The highest BCUT2D eigenvalue weighted by Crippen LogP contribution is 2.09. The number of guanidine groups is 1. The van der Waals surface area contributed by atoms with E-state index < -0.39 is 0 Å². The molecule has 0 bridgehead atoms. The van der Waals surface area contributed by atoms with Crippen LogP contribution in [0, 0.1) is 19.8 Å². The Morgan fingerprint density at radius 3 is 2.59 bits per heavy atom. The lowest BCUT2D eigenvalue weighted by Gasteiger charge is -2.16. The van der Waals surface area contributed by atoms with Crippen LogP contribution in [0.3, 0.4) is 0 Å².